The second kappa shape index (κ2) is 7.87. The highest BCUT2D eigenvalue weighted by molar-refractivity contribution is 5.92. The molecule has 0 bridgehead atoms. The highest BCUT2D eigenvalue weighted by Crippen LogP contribution is 2.28. The SMILES string of the molecule is CCCC(Oc1ccc(-c2ccnn2C)cc1)c1ccc(C(N)=O)cc1. The molecule has 0 fully saturated rings. The molecular weight excluding hydrogens is 326 g/mol. The molecule has 0 aliphatic heterocycles. The van der Waals surface area contributed by atoms with Crippen LogP contribution in [0.3, 0.4) is 0 Å². The number of benzene rings is 2. The van der Waals surface area contributed by atoms with E-state index < -0.39 is 5.91 Å². The Kier molecular flexibility index (Phi) is 5.37. The van der Waals surface area contributed by atoms with Crippen LogP contribution in [0.25, 0.3) is 11.3 Å². The Bertz CT molecular complexity index is 867. The quantitative estimate of drug-likeness (QED) is 0.698. The van der Waals surface area contributed by atoms with E-state index in [1.807, 2.05) is 54.2 Å². The van der Waals surface area contributed by atoms with Gasteiger partial charge in [0.2, 0.25) is 5.91 Å². The van der Waals surface area contributed by atoms with Crippen LogP contribution in [0.4, 0.5) is 0 Å². The van der Waals surface area contributed by atoms with E-state index in [4.69, 9.17) is 10.5 Å². The standard InChI is InChI=1S/C21H23N3O2/c1-3-4-20(16-5-7-17(8-6-16)21(22)25)26-18-11-9-15(10-12-18)19-13-14-23-24(19)2/h5-14,20H,3-4H2,1-2H3,(H2,22,25). The Hall–Kier alpha value is -3.08. The zero-order valence-corrected chi connectivity index (χ0v) is 15.1. The predicted octanol–water partition coefficient (Wildman–Crippen LogP) is 4.11. The first kappa shape index (κ1) is 17.7. The summed E-state index contributed by atoms with van der Waals surface area (Å²) in [6.07, 6.45) is 3.60. The van der Waals surface area contributed by atoms with E-state index in [1.165, 1.54) is 0 Å². The van der Waals surface area contributed by atoms with Gasteiger partial charge in [-0.3, -0.25) is 9.48 Å². The number of hydrogen-bond donors (Lipinski definition) is 1. The van der Waals surface area contributed by atoms with Crippen LogP contribution < -0.4 is 10.5 Å². The van der Waals surface area contributed by atoms with E-state index in [-0.39, 0.29) is 6.10 Å². The first-order chi connectivity index (χ1) is 12.6. The van der Waals surface area contributed by atoms with Crippen LogP contribution >= 0.6 is 0 Å². The number of nitrogens with zero attached hydrogens (tertiary/aromatic N) is 2. The maximum atomic E-state index is 11.2. The second-order valence-corrected chi connectivity index (χ2v) is 6.25. The Labute approximate surface area is 153 Å². The van der Waals surface area contributed by atoms with Gasteiger partial charge in [0.05, 0.1) is 5.69 Å². The fourth-order valence-corrected chi connectivity index (χ4v) is 2.94. The molecule has 0 aliphatic carbocycles. The van der Waals surface area contributed by atoms with Gasteiger partial charge in [-0.05, 0) is 54.4 Å². The van der Waals surface area contributed by atoms with Gasteiger partial charge in [-0.1, -0.05) is 25.5 Å². The second-order valence-electron chi connectivity index (χ2n) is 6.25. The van der Waals surface area contributed by atoms with E-state index in [0.29, 0.717) is 5.56 Å². The monoisotopic (exact) mass is 349 g/mol. The van der Waals surface area contributed by atoms with Crippen molar-refractivity contribution in [3.8, 4) is 17.0 Å². The highest BCUT2D eigenvalue weighted by Gasteiger charge is 2.14. The van der Waals surface area contributed by atoms with Crippen molar-refractivity contribution in [2.75, 3.05) is 0 Å². The van der Waals surface area contributed by atoms with Crippen LogP contribution in [-0.4, -0.2) is 15.7 Å². The third-order valence-electron chi connectivity index (χ3n) is 4.37. The number of aromatic nitrogens is 2. The van der Waals surface area contributed by atoms with E-state index in [9.17, 15) is 4.79 Å². The first-order valence-corrected chi connectivity index (χ1v) is 8.73. The van der Waals surface area contributed by atoms with Crippen molar-refractivity contribution in [3.05, 3.63) is 71.9 Å². The van der Waals surface area contributed by atoms with Crippen molar-refractivity contribution in [3.63, 3.8) is 0 Å². The van der Waals surface area contributed by atoms with Gasteiger partial charge in [-0.15, -0.1) is 0 Å². The zero-order chi connectivity index (χ0) is 18.5. The molecule has 1 unspecified atom stereocenters. The molecule has 2 N–H and O–H groups in total. The smallest absolute Gasteiger partial charge is 0.248 e. The molecule has 1 atom stereocenters. The molecule has 5 nitrogen and oxygen atoms in total. The average Bonchev–Trinajstić information content (AvgIpc) is 3.08. The summed E-state index contributed by atoms with van der Waals surface area (Å²) in [6, 6.07) is 17.3. The van der Waals surface area contributed by atoms with Gasteiger partial charge in [0.1, 0.15) is 11.9 Å². The molecule has 3 rings (SSSR count). The van der Waals surface area contributed by atoms with Crippen LogP contribution in [0.2, 0.25) is 0 Å². The first-order valence-electron chi connectivity index (χ1n) is 8.73. The average molecular weight is 349 g/mol. The number of rotatable bonds is 7. The summed E-state index contributed by atoms with van der Waals surface area (Å²) in [6.45, 7) is 2.12. The number of carbonyl (C=O) groups excluding carboxylic acids is 1. The number of ether oxygens (including phenoxy) is 1. The van der Waals surface area contributed by atoms with Gasteiger partial charge in [0.25, 0.3) is 0 Å². The summed E-state index contributed by atoms with van der Waals surface area (Å²) < 4.78 is 8.05. The summed E-state index contributed by atoms with van der Waals surface area (Å²) in [5, 5.41) is 4.20. The van der Waals surface area contributed by atoms with E-state index in [1.54, 1.807) is 18.3 Å². The number of aryl methyl sites for hydroxylation is 1. The van der Waals surface area contributed by atoms with E-state index in [2.05, 4.69) is 12.0 Å². The topological polar surface area (TPSA) is 70.1 Å². The number of carbonyl (C=O) groups is 1. The van der Waals surface area contributed by atoms with Gasteiger partial charge in [-0.25, -0.2) is 0 Å². The van der Waals surface area contributed by atoms with Crippen molar-refractivity contribution in [1.82, 2.24) is 9.78 Å². The van der Waals surface area contributed by atoms with Gasteiger partial charge in [0, 0.05) is 24.4 Å². The van der Waals surface area contributed by atoms with E-state index >= 15 is 0 Å². The van der Waals surface area contributed by atoms with Crippen LogP contribution in [0.15, 0.2) is 60.8 Å². The molecule has 0 saturated heterocycles. The maximum absolute atomic E-state index is 11.2. The van der Waals surface area contributed by atoms with Crippen molar-refractivity contribution in [2.45, 2.75) is 25.9 Å². The summed E-state index contributed by atoms with van der Waals surface area (Å²) in [5.74, 6) is 0.392. The molecule has 1 aromatic heterocycles. The Morgan fingerprint density at radius 3 is 2.35 bits per heavy atom. The Morgan fingerprint density at radius 2 is 1.81 bits per heavy atom. The maximum Gasteiger partial charge on any atom is 0.248 e. The summed E-state index contributed by atoms with van der Waals surface area (Å²) in [5.41, 5.74) is 9.00. The molecule has 0 saturated carbocycles. The lowest BCUT2D eigenvalue weighted by atomic mass is 10.0. The molecule has 5 heteroatoms. The molecule has 26 heavy (non-hydrogen) atoms. The lowest BCUT2D eigenvalue weighted by molar-refractivity contribution is 0.1000. The lowest BCUT2D eigenvalue weighted by Gasteiger charge is -2.19. The van der Waals surface area contributed by atoms with Crippen LogP contribution in [0.1, 0.15) is 41.8 Å². The number of nitrogens with two attached hydrogens (primary N) is 1. The van der Waals surface area contributed by atoms with Crippen molar-refractivity contribution in [2.24, 2.45) is 12.8 Å². The molecule has 134 valence electrons. The number of hydrogen-bond acceptors (Lipinski definition) is 3. The van der Waals surface area contributed by atoms with Crippen molar-refractivity contribution in [1.29, 1.82) is 0 Å². The third-order valence-corrected chi connectivity index (χ3v) is 4.37. The number of amides is 1. The molecular formula is C21H23N3O2. The Morgan fingerprint density at radius 1 is 1.12 bits per heavy atom. The molecule has 0 aliphatic rings. The fourth-order valence-electron chi connectivity index (χ4n) is 2.94. The summed E-state index contributed by atoms with van der Waals surface area (Å²) in [4.78, 5) is 11.2. The zero-order valence-electron chi connectivity index (χ0n) is 15.1. The lowest BCUT2D eigenvalue weighted by Crippen LogP contribution is -2.12. The van der Waals surface area contributed by atoms with Crippen molar-refractivity contribution < 1.29 is 9.53 Å². The molecule has 1 heterocycles. The molecule has 3 aromatic rings. The fraction of sp³-hybridized carbons (Fsp3) is 0.238. The highest BCUT2D eigenvalue weighted by atomic mass is 16.5. The summed E-state index contributed by atoms with van der Waals surface area (Å²) >= 11 is 0. The van der Waals surface area contributed by atoms with Gasteiger partial charge >= 0.3 is 0 Å². The molecule has 0 radical (unpaired) electrons. The minimum absolute atomic E-state index is 0.0653. The van der Waals surface area contributed by atoms with Crippen LogP contribution in [0, 0.1) is 0 Å². The summed E-state index contributed by atoms with van der Waals surface area (Å²) in [7, 11) is 1.92. The van der Waals surface area contributed by atoms with Crippen LogP contribution in [-0.2, 0) is 7.05 Å². The van der Waals surface area contributed by atoms with Crippen LogP contribution in [0.5, 0.6) is 5.75 Å². The van der Waals surface area contributed by atoms with Gasteiger partial charge in [-0.2, -0.15) is 5.10 Å². The minimum atomic E-state index is -0.421. The molecule has 0 spiro atoms. The normalized spacial score (nSPS) is 11.9. The third kappa shape index (κ3) is 3.94. The van der Waals surface area contributed by atoms with Gasteiger partial charge < -0.3 is 10.5 Å². The van der Waals surface area contributed by atoms with Gasteiger partial charge in [0.15, 0.2) is 0 Å². The largest absolute Gasteiger partial charge is 0.486 e. The molecule has 2 aromatic carbocycles. The van der Waals surface area contributed by atoms with E-state index in [0.717, 1.165) is 35.4 Å². The van der Waals surface area contributed by atoms with Crippen molar-refractivity contribution >= 4 is 5.91 Å². The number of primary amides is 1. The molecule has 1 amide bonds. The Balaban J connectivity index is 1.77. The minimum Gasteiger partial charge on any atom is -0.486 e. The predicted molar refractivity (Wildman–Crippen MR) is 102 cm³/mol.